The summed E-state index contributed by atoms with van der Waals surface area (Å²) in [5, 5.41) is 14.6. The lowest BCUT2D eigenvalue weighted by Crippen LogP contribution is -2.28. The maximum Gasteiger partial charge on any atom is 0.322 e. The number of hydrogen-bond donors (Lipinski definition) is 2. The Balaban J connectivity index is 0.000000612. The molecular weight excluding hydrogens is 298 g/mol. The monoisotopic (exact) mass is 311 g/mol. The first-order valence-corrected chi connectivity index (χ1v) is 7.36. The van der Waals surface area contributed by atoms with E-state index >= 15 is 0 Å². The van der Waals surface area contributed by atoms with Gasteiger partial charge < -0.3 is 15.2 Å². The molecule has 0 aromatic carbocycles. The fourth-order valence-electron chi connectivity index (χ4n) is 1.27. The topological polar surface area (TPSA) is 83.5 Å². The molecule has 0 aliphatic rings. The van der Waals surface area contributed by atoms with Crippen molar-refractivity contribution in [1.29, 1.82) is 0 Å². The molecule has 7 heteroatoms. The van der Waals surface area contributed by atoms with Crippen LogP contribution >= 0.6 is 22.7 Å². The number of carbonyl (C=O) groups excluding carboxylic acids is 2. The third-order valence-electron chi connectivity index (χ3n) is 2.03. The summed E-state index contributed by atoms with van der Waals surface area (Å²) in [5.74, 6) is -1.39. The van der Waals surface area contributed by atoms with Crippen LogP contribution in [0.5, 0.6) is 0 Å². The van der Waals surface area contributed by atoms with E-state index in [2.05, 4.69) is 5.32 Å². The van der Waals surface area contributed by atoms with Crippen LogP contribution in [-0.2, 0) is 9.59 Å². The highest BCUT2D eigenvalue weighted by atomic mass is 32.1. The van der Waals surface area contributed by atoms with Crippen molar-refractivity contribution in [1.82, 2.24) is 5.32 Å². The predicted octanol–water partition coefficient (Wildman–Crippen LogP) is 2.50. The van der Waals surface area contributed by atoms with E-state index in [1.165, 1.54) is 18.3 Å². The van der Waals surface area contributed by atoms with Crippen molar-refractivity contribution in [2.45, 2.75) is 6.92 Å². The van der Waals surface area contributed by atoms with Crippen LogP contribution in [0.2, 0.25) is 0 Å². The van der Waals surface area contributed by atoms with Crippen LogP contribution in [0.1, 0.15) is 16.6 Å². The van der Waals surface area contributed by atoms with Gasteiger partial charge in [-0.3, -0.25) is 9.59 Å². The van der Waals surface area contributed by atoms with Crippen LogP contribution in [0.4, 0.5) is 0 Å². The van der Waals surface area contributed by atoms with Crippen molar-refractivity contribution in [2.24, 2.45) is 0 Å². The summed E-state index contributed by atoms with van der Waals surface area (Å²) in [5.41, 5.74) is 0.991. The zero-order valence-electron chi connectivity index (χ0n) is 10.7. The first-order valence-electron chi connectivity index (χ1n) is 5.60. The third kappa shape index (κ3) is 4.94. The molecule has 0 aliphatic heterocycles. The van der Waals surface area contributed by atoms with E-state index in [4.69, 9.17) is 9.90 Å². The van der Waals surface area contributed by atoms with Gasteiger partial charge in [-0.05, 0) is 24.4 Å². The average Bonchev–Trinajstić information content (AvgIpc) is 3.06. The fourth-order valence-corrected chi connectivity index (χ4v) is 2.88. The zero-order valence-corrected chi connectivity index (χ0v) is 12.3. The Morgan fingerprint density at radius 2 is 2.10 bits per heavy atom. The molecule has 0 spiro atoms. The molecule has 2 N–H and O–H groups in total. The van der Waals surface area contributed by atoms with Gasteiger partial charge in [0.15, 0.2) is 0 Å². The number of hydrogen-bond acceptors (Lipinski definition) is 5. The van der Waals surface area contributed by atoms with Crippen molar-refractivity contribution < 1.29 is 19.5 Å². The van der Waals surface area contributed by atoms with Crippen LogP contribution in [0.15, 0.2) is 29.0 Å². The van der Waals surface area contributed by atoms with Crippen LogP contribution in [0, 0.1) is 0 Å². The Hall–Kier alpha value is -1.99. The van der Waals surface area contributed by atoms with E-state index in [0.29, 0.717) is 4.88 Å². The van der Waals surface area contributed by atoms with Gasteiger partial charge in [0.1, 0.15) is 12.8 Å². The third-order valence-corrected chi connectivity index (χ3v) is 3.88. The van der Waals surface area contributed by atoms with E-state index < -0.39 is 5.97 Å². The molecule has 2 aromatic rings. The minimum atomic E-state index is -1.05. The number of thiophene rings is 2. The molecule has 0 atom stereocenters. The van der Waals surface area contributed by atoms with Crippen LogP contribution in [0.3, 0.4) is 0 Å². The second-order valence-electron chi connectivity index (χ2n) is 3.49. The van der Waals surface area contributed by atoms with Crippen molar-refractivity contribution >= 4 is 40.8 Å². The highest BCUT2D eigenvalue weighted by Gasteiger charge is 2.11. The molecule has 0 fully saturated rings. The maximum absolute atomic E-state index is 11.6. The number of carboxylic acids is 1. The summed E-state index contributed by atoms with van der Waals surface area (Å²) in [6.45, 7) is 1.09. The smallest absolute Gasteiger partial charge is 0.322 e. The van der Waals surface area contributed by atoms with Gasteiger partial charge in [-0.1, -0.05) is 6.07 Å². The van der Waals surface area contributed by atoms with Gasteiger partial charge in [0, 0.05) is 15.8 Å². The van der Waals surface area contributed by atoms with E-state index in [9.17, 15) is 9.59 Å². The van der Waals surface area contributed by atoms with Gasteiger partial charge in [0.25, 0.3) is 5.91 Å². The zero-order chi connectivity index (χ0) is 15.0. The number of nitrogens with one attached hydrogen (secondary N) is 1. The van der Waals surface area contributed by atoms with Crippen LogP contribution in [0.25, 0.3) is 10.4 Å². The molecular formula is C13H13NO4S2. The van der Waals surface area contributed by atoms with Gasteiger partial charge in [-0.2, -0.15) is 0 Å². The van der Waals surface area contributed by atoms with Crippen molar-refractivity contribution in [3.63, 3.8) is 0 Å². The molecule has 0 radical (unpaired) electrons. The lowest BCUT2D eigenvalue weighted by atomic mass is 10.2. The quantitative estimate of drug-likeness (QED) is 0.850. The number of aliphatic carboxylic acids is 1. The number of carbonyl (C=O) groups is 3. The molecule has 2 rings (SSSR count). The van der Waals surface area contributed by atoms with E-state index in [-0.39, 0.29) is 12.5 Å². The summed E-state index contributed by atoms with van der Waals surface area (Å²) in [6, 6.07) is 5.70. The van der Waals surface area contributed by atoms with E-state index in [1.807, 2.05) is 22.9 Å². The second kappa shape index (κ2) is 8.23. The van der Waals surface area contributed by atoms with E-state index in [0.717, 1.165) is 16.7 Å². The number of rotatable bonds is 4. The highest BCUT2D eigenvalue weighted by Crippen LogP contribution is 2.29. The molecule has 5 nitrogen and oxygen atoms in total. The molecule has 0 saturated carbocycles. The van der Waals surface area contributed by atoms with Gasteiger partial charge in [-0.15, -0.1) is 22.7 Å². The second-order valence-corrected chi connectivity index (χ2v) is 5.35. The van der Waals surface area contributed by atoms with Crippen molar-refractivity contribution in [3.05, 3.63) is 33.8 Å². The highest BCUT2D eigenvalue weighted by molar-refractivity contribution is 7.15. The molecule has 2 heterocycles. The Morgan fingerprint density at radius 1 is 1.40 bits per heavy atom. The lowest BCUT2D eigenvalue weighted by molar-refractivity contribution is -0.135. The van der Waals surface area contributed by atoms with Crippen molar-refractivity contribution in [3.8, 4) is 10.4 Å². The summed E-state index contributed by atoms with van der Waals surface area (Å²) in [7, 11) is 0. The molecule has 0 unspecified atom stereocenters. The Kier molecular flexibility index (Phi) is 6.61. The molecule has 0 bridgehead atoms. The number of amides is 1. The maximum atomic E-state index is 11.6. The van der Waals surface area contributed by atoms with Crippen LogP contribution < -0.4 is 5.32 Å². The first kappa shape index (κ1) is 16.1. The minimum absolute atomic E-state index is 0.347. The Morgan fingerprint density at radius 3 is 2.65 bits per heavy atom. The summed E-state index contributed by atoms with van der Waals surface area (Å²) in [6.07, 6.45) is 0.750. The molecule has 106 valence electrons. The fraction of sp³-hybridized carbons (Fsp3) is 0.154. The summed E-state index contributed by atoms with van der Waals surface area (Å²) >= 11 is 2.91. The predicted molar refractivity (Wildman–Crippen MR) is 79.3 cm³/mol. The SMILES string of the molecule is CC=O.O=C(O)CNC(=O)c1cc(-c2cccs2)cs1. The van der Waals surface area contributed by atoms with Gasteiger partial charge in [-0.25, -0.2) is 0 Å². The summed E-state index contributed by atoms with van der Waals surface area (Å²) in [4.78, 5) is 32.3. The lowest BCUT2D eigenvalue weighted by Gasteiger charge is -1.97. The van der Waals surface area contributed by atoms with E-state index in [1.54, 1.807) is 17.4 Å². The number of carboxylic acid groups (broad SMARTS) is 1. The molecule has 2 aromatic heterocycles. The first-order chi connectivity index (χ1) is 9.58. The normalized spacial score (nSPS) is 9.25. The minimum Gasteiger partial charge on any atom is -0.480 e. The molecule has 0 aliphatic carbocycles. The standard InChI is InChI=1S/C11H9NO3S2.C2H4O/c13-10(14)5-12-11(15)9-4-7(6-17-9)8-2-1-3-16-8;1-2-3/h1-4,6H,5H2,(H,12,15)(H,13,14);2H,1H3. The van der Waals surface area contributed by atoms with Gasteiger partial charge in [0.05, 0.1) is 4.88 Å². The molecule has 1 amide bonds. The van der Waals surface area contributed by atoms with Crippen molar-refractivity contribution in [2.75, 3.05) is 6.54 Å². The molecule has 0 saturated heterocycles. The van der Waals surface area contributed by atoms with Gasteiger partial charge >= 0.3 is 5.97 Å². The van der Waals surface area contributed by atoms with Crippen LogP contribution in [-0.4, -0.2) is 29.8 Å². The van der Waals surface area contributed by atoms with Gasteiger partial charge in [0.2, 0.25) is 0 Å². The summed E-state index contributed by atoms with van der Waals surface area (Å²) < 4.78 is 0. The average molecular weight is 311 g/mol. The number of aldehydes is 1. The largest absolute Gasteiger partial charge is 0.480 e. The molecule has 20 heavy (non-hydrogen) atoms. The Labute approximate surface area is 123 Å². The Bertz CT molecular complexity index is 575.